The zero-order valence-corrected chi connectivity index (χ0v) is 9.80. The van der Waals surface area contributed by atoms with Crippen LogP contribution in [0.5, 0.6) is 0 Å². The second-order valence-electron chi connectivity index (χ2n) is 4.15. The van der Waals surface area contributed by atoms with E-state index in [9.17, 15) is 4.39 Å². The van der Waals surface area contributed by atoms with Gasteiger partial charge in [-0.25, -0.2) is 4.39 Å². The predicted molar refractivity (Wildman–Crippen MR) is 64.9 cm³/mol. The lowest BCUT2D eigenvalue weighted by molar-refractivity contribution is 0.617. The molecule has 16 heavy (non-hydrogen) atoms. The summed E-state index contributed by atoms with van der Waals surface area (Å²) in [5, 5.41) is 0.154. The van der Waals surface area contributed by atoms with Gasteiger partial charge in [0.2, 0.25) is 0 Å². The molecule has 1 unspecified atom stereocenters. The van der Waals surface area contributed by atoms with Crippen molar-refractivity contribution in [2.45, 2.75) is 31.7 Å². The topological polar surface area (TPSA) is 26.0 Å². The first-order valence-electron chi connectivity index (χ1n) is 5.58. The highest BCUT2D eigenvalue weighted by atomic mass is 35.5. The third-order valence-corrected chi connectivity index (χ3v) is 3.44. The predicted octanol–water partition coefficient (Wildman–Crippen LogP) is 3.98. The third-order valence-electron chi connectivity index (χ3n) is 3.04. The second-order valence-corrected chi connectivity index (χ2v) is 4.52. The van der Waals surface area contributed by atoms with Crippen LogP contribution in [0, 0.1) is 5.82 Å². The van der Waals surface area contributed by atoms with Gasteiger partial charge < -0.3 is 5.73 Å². The van der Waals surface area contributed by atoms with Gasteiger partial charge in [-0.05, 0) is 37.3 Å². The minimum Gasteiger partial charge on any atom is -0.320 e. The normalized spacial score (nSPS) is 18.1. The Kier molecular flexibility index (Phi) is 3.62. The Bertz CT molecular complexity index is 414. The summed E-state index contributed by atoms with van der Waals surface area (Å²) >= 11 is 5.93. The van der Waals surface area contributed by atoms with Crippen LogP contribution in [0.15, 0.2) is 29.8 Å². The molecule has 0 spiro atoms. The van der Waals surface area contributed by atoms with Crippen LogP contribution in [-0.2, 0) is 0 Å². The minimum atomic E-state index is -0.397. The highest BCUT2D eigenvalue weighted by molar-refractivity contribution is 6.31. The standard InChI is InChI=1S/C13H15ClFN/c14-12-10(7-4-8-11(12)15)13(16)9-5-2-1-3-6-9/h4-5,7-8,13H,1-3,6,16H2. The summed E-state index contributed by atoms with van der Waals surface area (Å²) < 4.78 is 13.3. The summed E-state index contributed by atoms with van der Waals surface area (Å²) in [6.45, 7) is 0. The molecule has 1 nitrogen and oxygen atoms in total. The van der Waals surface area contributed by atoms with E-state index in [0.29, 0.717) is 5.56 Å². The van der Waals surface area contributed by atoms with Crippen LogP contribution in [0.3, 0.4) is 0 Å². The second kappa shape index (κ2) is 4.98. The Morgan fingerprint density at radius 3 is 2.81 bits per heavy atom. The van der Waals surface area contributed by atoms with E-state index >= 15 is 0 Å². The number of rotatable bonds is 2. The van der Waals surface area contributed by atoms with E-state index in [4.69, 9.17) is 17.3 Å². The number of hydrogen-bond donors (Lipinski definition) is 1. The Labute approximate surface area is 100 Å². The lowest BCUT2D eigenvalue weighted by Crippen LogP contribution is -2.15. The van der Waals surface area contributed by atoms with E-state index < -0.39 is 5.82 Å². The summed E-state index contributed by atoms with van der Waals surface area (Å²) in [6, 6.07) is 4.54. The molecule has 0 saturated carbocycles. The molecule has 0 saturated heterocycles. The monoisotopic (exact) mass is 239 g/mol. The lowest BCUT2D eigenvalue weighted by Gasteiger charge is -2.20. The fourth-order valence-electron chi connectivity index (χ4n) is 2.11. The van der Waals surface area contributed by atoms with Crippen molar-refractivity contribution in [1.29, 1.82) is 0 Å². The average Bonchev–Trinajstić information content (AvgIpc) is 2.33. The van der Waals surface area contributed by atoms with Gasteiger partial charge in [-0.15, -0.1) is 0 Å². The van der Waals surface area contributed by atoms with Crippen molar-refractivity contribution >= 4 is 11.6 Å². The van der Waals surface area contributed by atoms with E-state index in [1.165, 1.54) is 18.1 Å². The number of allylic oxidation sites excluding steroid dienone is 1. The number of hydrogen-bond acceptors (Lipinski definition) is 1. The number of halogens is 2. The Morgan fingerprint density at radius 2 is 2.12 bits per heavy atom. The molecule has 1 atom stereocenters. The Balaban J connectivity index is 2.29. The van der Waals surface area contributed by atoms with E-state index in [-0.39, 0.29) is 11.1 Å². The zero-order chi connectivity index (χ0) is 11.5. The molecule has 0 heterocycles. The van der Waals surface area contributed by atoms with E-state index in [1.54, 1.807) is 12.1 Å². The molecule has 3 heteroatoms. The molecule has 0 fully saturated rings. The van der Waals surface area contributed by atoms with Crippen molar-refractivity contribution in [3.63, 3.8) is 0 Å². The van der Waals surface area contributed by atoms with Crippen LogP contribution in [0.4, 0.5) is 4.39 Å². The quantitative estimate of drug-likeness (QED) is 0.777. The van der Waals surface area contributed by atoms with Crippen LogP contribution >= 0.6 is 11.6 Å². The maximum atomic E-state index is 13.3. The molecule has 1 aromatic rings. The smallest absolute Gasteiger partial charge is 0.142 e. The molecule has 0 amide bonds. The fraction of sp³-hybridized carbons (Fsp3) is 0.385. The fourth-order valence-corrected chi connectivity index (χ4v) is 2.35. The molecule has 1 aliphatic rings. The summed E-state index contributed by atoms with van der Waals surface area (Å²) in [5.74, 6) is -0.397. The van der Waals surface area contributed by atoms with Crippen molar-refractivity contribution in [3.05, 3.63) is 46.3 Å². The van der Waals surface area contributed by atoms with Crippen LogP contribution in [0.25, 0.3) is 0 Å². The first kappa shape index (κ1) is 11.6. The van der Waals surface area contributed by atoms with Gasteiger partial charge in [0.05, 0.1) is 11.1 Å². The molecular weight excluding hydrogens is 225 g/mol. The minimum absolute atomic E-state index is 0.154. The maximum absolute atomic E-state index is 13.3. The molecular formula is C13H15ClFN. The highest BCUT2D eigenvalue weighted by Gasteiger charge is 2.18. The molecule has 1 aromatic carbocycles. The summed E-state index contributed by atoms with van der Waals surface area (Å²) in [5.41, 5.74) is 7.99. The van der Waals surface area contributed by atoms with Gasteiger partial charge in [-0.2, -0.15) is 0 Å². The van der Waals surface area contributed by atoms with Gasteiger partial charge >= 0.3 is 0 Å². The largest absolute Gasteiger partial charge is 0.320 e. The molecule has 0 aliphatic heterocycles. The molecule has 1 aliphatic carbocycles. The number of nitrogens with two attached hydrogens (primary N) is 1. The van der Waals surface area contributed by atoms with Crippen molar-refractivity contribution < 1.29 is 4.39 Å². The van der Waals surface area contributed by atoms with Gasteiger partial charge in [-0.3, -0.25) is 0 Å². The molecule has 0 aromatic heterocycles. The van der Waals surface area contributed by atoms with Crippen molar-refractivity contribution in [2.24, 2.45) is 5.73 Å². The van der Waals surface area contributed by atoms with Gasteiger partial charge in [0.25, 0.3) is 0 Å². The van der Waals surface area contributed by atoms with Crippen molar-refractivity contribution in [2.75, 3.05) is 0 Å². The lowest BCUT2D eigenvalue weighted by atomic mass is 9.90. The summed E-state index contributed by atoms with van der Waals surface area (Å²) in [6.07, 6.45) is 6.60. The molecule has 0 bridgehead atoms. The zero-order valence-electron chi connectivity index (χ0n) is 9.05. The first-order chi connectivity index (χ1) is 7.70. The average molecular weight is 240 g/mol. The SMILES string of the molecule is NC(C1=CCCCC1)c1cccc(F)c1Cl. The Morgan fingerprint density at radius 1 is 1.31 bits per heavy atom. The van der Waals surface area contributed by atoms with E-state index in [2.05, 4.69) is 6.08 Å². The van der Waals surface area contributed by atoms with Gasteiger partial charge in [0, 0.05) is 0 Å². The van der Waals surface area contributed by atoms with Crippen LogP contribution in [0.1, 0.15) is 37.3 Å². The van der Waals surface area contributed by atoms with Gasteiger partial charge in [0.15, 0.2) is 0 Å². The van der Waals surface area contributed by atoms with Crippen molar-refractivity contribution in [3.8, 4) is 0 Å². The maximum Gasteiger partial charge on any atom is 0.142 e. The summed E-state index contributed by atoms with van der Waals surface area (Å²) in [7, 11) is 0. The van der Waals surface area contributed by atoms with Crippen LogP contribution in [0.2, 0.25) is 5.02 Å². The molecule has 86 valence electrons. The highest BCUT2D eigenvalue weighted by Crippen LogP contribution is 2.32. The molecule has 2 N–H and O–H groups in total. The summed E-state index contributed by atoms with van der Waals surface area (Å²) in [4.78, 5) is 0. The van der Waals surface area contributed by atoms with Crippen LogP contribution in [-0.4, -0.2) is 0 Å². The third kappa shape index (κ3) is 2.28. The first-order valence-corrected chi connectivity index (χ1v) is 5.96. The molecule has 2 rings (SSSR count). The Hall–Kier alpha value is -0.860. The van der Waals surface area contributed by atoms with E-state index in [1.807, 2.05) is 0 Å². The van der Waals surface area contributed by atoms with Crippen LogP contribution < -0.4 is 5.73 Å². The van der Waals surface area contributed by atoms with E-state index in [0.717, 1.165) is 19.3 Å². The van der Waals surface area contributed by atoms with Crippen molar-refractivity contribution in [1.82, 2.24) is 0 Å². The number of benzene rings is 1. The molecule has 0 radical (unpaired) electrons. The van der Waals surface area contributed by atoms with Gasteiger partial charge in [0.1, 0.15) is 5.82 Å². The van der Waals surface area contributed by atoms with Gasteiger partial charge in [-0.1, -0.05) is 35.4 Å².